The molecule has 3 N–H and O–H groups in total. The topological polar surface area (TPSA) is 86.5 Å². The lowest BCUT2D eigenvalue weighted by molar-refractivity contribution is 0.0636. The number of nitrogen functional groups attached to an aromatic ring is 1. The van der Waals surface area contributed by atoms with Crippen LogP contribution in [0.2, 0.25) is 4.47 Å². The van der Waals surface area contributed by atoms with Gasteiger partial charge in [-0.2, -0.15) is 0 Å². The van der Waals surface area contributed by atoms with E-state index < -0.39 is 11.7 Å². The molecule has 0 bridgehead atoms. The molecule has 3 rings (SSSR count). The summed E-state index contributed by atoms with van der Waals surface area (Å²) in [5, 5.41) is 2.71. The molecule has 0 aliphatic carbocycles. The Balaban J connectivity index is 1.57. The van der Waals surface area contributed by atoms with Gasteiger partial charge in [-0.1, -0.05) is 23.4 Å². The lowest BCUT2D eigenvalue weighted by Crippen LogP contribution is -2.27. The number of benzene rings is 2. The highest BCUT2D eigenvalue weighted by Gasteiger charge is 2.16. The number of hydrogen-bond donors (Lipinski definition) is 2. The number of nitrogens with one attached hydrogen (secondary N) is 1. The van der Waals surface area contributed by atoms with Gasteiger partial charge in [-0.3, -0.25) is 5.32 Å². The fraction of sp³-hybridized carbons (Fsp3) is 0.238. The van der Waals surface area contributed by atoms with Crippen molar-refractivity contribution in [2.24, 2.45) is 0 Å². The van der Waals surface area contributed by atoms with E-state index in [1.54, 1.807) is 12.3 Å². The third-order valence-electron chi connectivity index (χ3n) is 3.62. The highest BCUT2D eigenvalue weighted by Crippen LogP contribution is 2.35. The maximum absolute atomic E-state index is 11.8. The zero-order chi connectivity index (χ0) is 21.7. The highest BCUT2D eigenvalue weighted by molar-refractivity contribution is 7.99. The van der Waals surface area contributed by atoms with Gasteiger partial charge in [-0.15, -0.1) is 11.3 Å². The van der Waals surface area contributed by atoms with Crippen molar-refractivity contribution in [1.29, 1.82) is 0 Å². The molecule has 1 amide bonds. The van der Waals surface area contributed by atoms with Crippen LogP contribution in [0, 0.1) is 0 Å². The van der Waals surface area contributed by atoms with E-state index in [2.05, 4.69) is 10.3 Å². The summed E-state index contributed by atoms with van der Waals surface area (Å²) < 4.78 is 11.5. The molecule has 9 heteroatoms. The van der Waals surface area contributed by atoms with Crippen molar-refractivity contribution in [1.82, 2.24) is 4.98 Å². The number of thiazole rings is 1. The zero-order valence-electron chi connectivity index (χ0n) is 16.8. The number of rotatable bonds is 6. The standard InChI is InChI=1S/C21H22ClN3O3S2/c1-21(2,3)28-20(26)25-13-4-7-15(8-5-13)29-18-9-6-14(10-17(18)23)27-12-16-11-24-19(22)30-16/h4-11H,12,23H2,1-3H3,(H,25,26). The Morgan fingerprint density at radius 1 is 1.23 bits per heavy atom. The number of carbonyl (C=O) groups is 1. The Hall–Kier alpha value is -2.42. The summed E-state index contributed by atoms with van der Waals surface area (Å²) in [5.74, 6) is 0.679. The van der Waals surface area contributed by atoms with E-state index in [0.29, 0.717) is 28.2 Å². The van der Waals surface area contributed by atoms with Crippen molar-refractivity contribution in [3.05, 3.63) is 58.0 Å². The number of ether oxygens (including phenoxy) is 2. The van der Waals surface area contributed by atoms with Gasteiger partial charge in [-0.05, 0) is 57.2 Å². The maximum atomic E-state index is 11.8. The molecule has 0 radical (unpaired) electrons. The molecule has 1 heterocycles. The van der Waals surface area contributed by atoms with Crippen molar-refractivity contribution in [2.75, 3.05) is 11.1 Å². The van der Waals surface area contributed by atoms with E-state index in [1.807, 2.05) is 57.2 Å². The van der Waals surface area contributed by atoms with Crippen LogP contribution in [0.3, 0.4) is 0 Å². The first-order chi connectivity index (χ1) is 14.2. The second kappa shape index (κ2) is 9.59. The zero-order valence-corrected chi connectivity index (χ0v) is 19.2. The minimum atomic E-state index is -0.541. The molecule has 0 aliphatic heterocycles. The molecular weight excluding hydrogens is 442 g/mol. The predicted octanol–water partition coefficient (Wildman–Crippen LogP) is 6.46. The van der Waals surface area contributed by atoms with Crippen LogP contribution >= 0.6 is 34.7 Å². The third kappa shape index (κ3) is 6.83. The van der Waals surface area contributed by atoms with Crippen LogP contribution in [0.15, 0.2) is 58.5 Å². The minimum Gasteiger partial charge on any atom is -0.488 e. The van der Waals surface area contributed by atoms with Crippen LogP contribution in [-0.4, -0.2) is 16.7 Å². The Morgan fingerprint density at radius 3 is 2.57 bits per heavy atom. The summed E-state index contributed by atoms with van der Waals surface area (Å²) in [6, 6.07) is 13.1. The Bertz CT molecular complexity index is 1020. The summed E-state index contributed by atoms with van der Waals surface area (Å²) in [7, 11) is 0. The van der Waals surface area contributed by atoms with E-state index in [1.165, 1.54) is 23.1 Å². The van der Waals surface area contributed by atoms with Crippen molar-refractivity contribution in [3.63, 3.8) is 0 Å². The molecule has 0 spiro atoms. The SMILES string of the molecule is CC(C)(C)OC(=O)Nc1ccc(Sc2ccc(OCc3cnc(Cl)s3)cc2N)cc1. The number of nitrogens with two attached hydrogens (primary N) is 1. The quantitative estimate of drug-likeness (QED) is 0.408. The van der Waals surface area contributed by atoms with Gasteiger partial charge in [0.2, 0.25) is 0 Å². The third-order valence-corrected chi connectivity index (χ3v) is 5.80. The molecule has 2 aromatic carbocycles. The first-order valence-electron chi connectivity index (χ1n) is 9.08. The first-order valence-corrected chi connectivity index (χ1v) is 11.1. The molecule has 0 unspecified atom stereocenters. The first kappa shape index (κ1) is 22.3. The van der Waals surface area contributed by atoms with Crippen LogP contribution in [0.25, 0.3) is 0 Å². The van der Waals surface area contributed by atoms with E-state index in [0.717, 1.165) is 14.7 Å². The maximum Gasteiger partial charge on any atom is 0.412 e. The van der Waals surface area contributed by atoms with Crippen LogP contribution in [0.1, 0.15) is 25.6 Å². The van der Waals surface area contributed by atoms with Gasteiger partial charge in [-0.25, -0.2) is 9.78 Å². The van der Waals surface area contributed by atoms with Crippen LogP contribution in [0.5, 0.6) is 5.75 Å². The minimum absolute atomic E-state index is 0.391. The number of carbonyl (C=O) groups excluding carboxylic acids is 1. The molecule has 158 valence electrons. The van der Waals surface area contributed by atoms with Gasteiger partial charge in [0, 0.05) is 33.4 Å². The molecule has 0 aliphatic rings. The molecule has 6 nitrogen and oxygen atoms in total. The van der Waals surface area contributed by atoms with E-state index in [9.17, 15) is 4.79 Å². The molecule has 1 aromatic heterocycles. The summed E-state index contributed by atoms with van der Waals surface area (Å²) in [6.07, 6.45) is 1.21. The van der Waals surface area contributed by atoms with Crippen LogP contribution < -0.4 is 15.8 Å². The Kier molecular flexibility index (Phi) is 7.12. The van der Waals surface area contributed by atoms with Crippen molar-refractivity contribution < 1.29 is 14.3 Å². The fourth-order valence-corrected chi connectivity index (χ4v) is 4.10. The smallest absolute Gasteiger partial charge is 0.412 e. The Labute approximate surface area is 188 Å². The number of aromatic nitrogens is 1. The molecule has 3 aromatic rings. The van der Waals surface area contributed by atoms with Gasteiger partial charge in [0.15, 0.2) is 4.47 Å². The van der Waals surface area contributed by atoms with Crippen LogP contribution in [0.4, 0.5) is 16.2 Å². The largest absolute Gasteiger partial charge is 0.488 e. The summed E-state index contributed by atoms with van der Waals surface area (Å²) in [6.45, 7) is 5.86. The van der Waals surface area contributed by atoms with Crippen LogP contribution in [-0.2, 0) is 11.3 Å². The van der Waals surface area contributed by atoms with Gasteiger partial charge < -0.3 is 15.2 Å². The second-order valence-electron chi connectivity index (χ2n) is 7.32. The summed E-state index contributed by atoms with van der Waals surface area (Å²) in [5.41, 5.74) is 6.93. The normalized spacial score (nSPS) is 11.2. The molecule has 30 heavy (non-hydrogen) atoms. The molecule has 0 saturated carbocycles. The number of halogens is 1. The molecular formula is C21H22ClN3O3S2. The Morgan fingerprint density at radius 2 is 1.97 bits per heavy atom. The predicted molar refractivity (Wildman–Crippen MR) is 123 cm³/mol. The molecule has 0 saturated heterocycles. The van der Waals surface area contributed by atoms with Crippen molar-refractivity contribution in [3.8, 4) is 5.75 Å². The molecule has 0 atom stereocenters. The number of nitrogens with zero attached hydrogens (tertiary/aromatic N) is 1. The average Bonchev–Trinajstić information content (AvgIpc) is 3.07. The number of hydrogen-bond acceptors (Lipinski definition) is 7. The highest BCUT2D eigenvalue weighted by atomic mass is 35.5. The van der Waals surface area contributed by atoms with Gasteiger partial charge in [0.05, 0.1) is 4.88 Å². The lowest BCUT2D eigenvalue weighted by Gasteiger charge is -2.19. The average molecular weight is 464 g/mol. The monoisotopic (exact) mass is 463 g/mol. The van der Waals surface area contributed by atoms with E-state index >= 15 is 0 Å². The fourth-order valence-electron chi connectivity index (χ4n) is 2.37. The second-order valence-corrected chi connectivity index (χ2v) is 10.1. The number of anilines is 2. The molecule has 0 fully saturated rings. The van der Waals surface area contributed by atoms with E-state index in [4.69, 9.17) is 26.8 Å². The summed E-state index contributed by atoms with van der Waals surface area (Å²) in [4.78, 5) is 18.7. The summed E-state index contributed by atoms with van der Waals surface area (Å²) >= 11 is 8.74. The number of amides is 1. The van der Waals surface area contributed by atoms with E-state index in [-0.39, 0.29) is 0 Å². The van der Waals surface area contributed by atoms with Gasteiger partial charge in [0.25, 0.3) is 0 Å². The lowest BCUT2D eigenvalue weighted by atomic mass is 10.2. The van der Waals surface area contributed by atoms with Crippen molar-refractivity contribution >= 4 is 52.2 Å². The van der Waals surface area contributed by atoms with Gasteiger partial charge >= 0.3 is 6.09 Å². The van der Waals surface area contributed by atoms with Gasteiger partial charge in [0.1, 0.15) is 18.0 Å². The van der Waals surface area contributed by atoms with Crippen molar-refractivity contribution in [2.45, 2.75) is 42.8 Å².